The maximum absolute atomic E-state index is 12.3. The van der Waals surface area contributed by atoms with E-state index in [9.17, 15) is 18.0 Å². The Bertz CT molecular complexity index is 525. The third-order valence-corrected chi connectivity index (χ3v) is 4.36. The van der Waals surface area contributed by atoms with Crippen LogP contribution in [0.5, 0.6) is 0 Å². The van der Waals surface area contributed by atoms with Gasteiger partial charge in [0.15, 0.2) is 0 Å². The van der Waals surface area contributed by atoms with E-state index in [4.69, 9.17) is 0 Å². The Morgan fingerprint density at radius 3 is 2.38 bits per heavy atom. The van der Waals surface area contributed by atoms with Crippen molar-refractivity contribution in [1.82, 2.24) is 9.80 Å². The molecule has 0 saturated carbocycles. The predicted molar refractivity (Wildman–Crippen MR) is 77.3 cm³/mol. The Kier molecular flexibility index (Phi) is 4.93. The van der Waals surface area contributed by atoms with Gasteiger partial charge in [0.05, 0.1) is 6.54 Å². The van der Waals surface area contributed by atoms with Crippen molar-refractivity contribution in [2.45, 2.75) is 13.1 Å². The molecule has 0 spiro atoms. The molecule has 1 aliphatic rings. The smallest absolute Gasteiger partial charge is 0.336 e. The summed E-state index contributed by atoms with van der Waals surface area (Å²) in [5.74, 6) is -0.128. The van der Waals surface area contributed by atoms with E-state index in [2.05, 4.69) is 15.9 Å². The summed E-state index contributed by atoms with van der Waals surface area (Å²) in [6, 6.07) is 5.32. The second-order valence-corrected chi connectivity index (χ2v) is 6.00. The summed E-state index contributed by atoms with van der Waals surface area (Å²) in [5, 5.41) is 0. The molecule has 1 saturated heterocycles. The maximum Gasteiger partial charge on any atom is 0.401 e. The average Bonchev–Trinajstić information content (AvgIpc) is 2.40. The topological polar surface area (TPSA) is 23.6 Å². The minimum absolute atomic E-state index is 0.128. The number of benzene rings is 1. The van der Waals surface area contributed by atoms with Crippen LogP contribution in [0.2, 0.25) is 0 Å². The zero-order chi connectivity index (χ0) is 15.6. The molecule has 1 heterocycles. The lowest BCUT2D eigenvalue weighted by molar-refractivity contribution is -0.148. The summed E-state index contributed by atoms with van der Waals surface area (Å²) in [4.78, 5) is 15.3. The fourth-order valence-electron chi connectivity index (χ4n) is 2.32. The molecule has 0 N–H and O–H groups in total. The van der Waals surface area contributed by atoms with Gasteiger partial charge >= 0.3 is 6.18 Å². The first-order valence-electron chi connectivity index (χ1n) is 6.61. The minimum atomic E-state index is -4.19. The van der Waals surface area contributed by atoms with Crippen LogP contribution in [-0.4, -0.2) is 54.6 Å². The van der Waals surface area contributed by atoms with Gasteiger partial charge in [-0.3, -0.25) is 9.69 Å². The van der Waals surface area contributed by atoms with Gasteiger partial charge < -0.3 is 4.90 Å². The SMILES string of the molecule is Cc1cc(C(=O)N2CCN(CC(F)(F)F)CC2)ccc1Br. The summed E-state index contributed by atoms with van der Waals surface area (Å²) in [6.07, 6.45) is -4.19. The molecule has 1 fully saturated rings. The van der Waals surface area contributed by atoms with Crippen molar-refractivity contribution in [2.24, 2.45) is 0 Å². The van der Waals surface area contributed by atoms with Crippen molar-refractivity contribution >= 4 is 21.8 Å². The number of aryl methyl sites for hydroxylation is 1. The summed E-state index contributed by atoms with van der Waals surface area (Å²) >= 11 is 3.37. The first-order chi connectivity index (χ1) is 9.76. The quantitative estimate of drug-likeness (QED) is 0.804. The molecule has 7 heteroatoms. The molecule has 0 bridgehead atoms. The van der Waals surface area contributed by atoms with Crippen molar-refractivity contribution in [3.63, 3.8) is 0 Å². The van der Waals surface area contributed by atoms with Gasteiger partial charge in [0.1, 0.15) is 0 Å². The van der Waals surface area contributed by atoms with Crippen LogP contribution >= 0.6 is 15.9 Å². The number of hydrogen-bond donors (Lipinski definition) is 0. The standard InChI is InChI=1S/C14H16BrF3N2O/c1-10-8-11(2-3-12(10)15)13(21)20-6-4-19(5-7-20)9-14(16,17)18/h2-3,8H,4-7,9H2,1H3. The molecule has 0 atom stereocenters. The average molecular weight is 365 g/mol. The van der Waals surface area contributed by atoms with Gasteiger partial charge in [0.2, 0.25) is 0 Å². The van der Waals surface area contributed by atoms with Crippen LogP contribution in [0, 0.1) is 6.92 Å². The lowest BCUT2D eigenvalue weighted by Gasteiger charge is -2.35. The first kappa shape index (κ1) is 16.3. The number of halogens is 4. The summed E-state index contributed by atoms with van der Waals surface area (Å²) in [7, 11) is 0. The molecule has 0 unspecified atom stereocenters. The van der Waals surface area contributed by atoms with Crippen LogP contribution in [0.3, 0.4) is 0 Å². The molecule has 1 amide bonds. The highest BCUT2D eigenvalue weighted by molar-refractivity contribution is 9.10. The fraction of sp³-hybridized carbons (Fsp3) is 0.500. The highest BCUT2D eigenvalue weighted by Crippen LogP contribution is 2.20. The van der Waals surface area contributed by atoms with Gasteiger partial charge in [-0.1, -0.05) is 15.9 Å². The van der Waals surface area contributed by atoms with Gasteiger partial charge in [0.25, 0.3) is 5.91 Å². The number of amides is 1. The van der Waals surface area contributed by atoms with E-state index >= 15 is 0 Å². The Hall–Kier alpha value is -1.08. The van der Waals surface area contributed by atoms with Crippen LogP contribution in [0.1, 0.15) is 15.9 Å². The molecule has 0 radical (unpaired) electrons. The molecule has 1 aliphatic heterocycles. The lowest BCUT2D eigenvalue weighted by atomic mass is 10.1. The minimum Gasteiger partial charge on any atom is -0.336 e. The Labute approximate surface area is 129 Å². The number of alkyl halides is 3. The first-order valence-corrected chi connectivity index (χ1v) is 7.40. The Morgan fingerprint density at radius 2 is 1.86 bits per heavy atom. The van der Waals surface area contributed by atoms with Gasteiger partial charge in [-0.2, -0.15) is 13.2 Å². The van der Waals surface area contributed by atoms with Crippen LogP contribution in [0.15, 0.2) is 22.7 Å². The largest absolute Gasteiger partial charge is 0.401 e. The second kappa shape index (κ2) is 6.36. The third-order valence-electron chi connectivity index (χ3n) is 3.47. The molecule has 21 heavy (non-hydrogen) atoms. The molecular formula is C14H16BrF3N2O. The van der Waals surface area contributed by atoms with E-state index in [1.807, 2.05) is 13.0 Å². The van der Waals surface area contributed by atoms with Crippen LogP contribution < -0.4 is 0 Å². The van der Waals surface area contributed by atoms with Crippen molar-refractivity contribution in [1.29, 1.82) is 0 Å². The molecule has 3 nitrogen and oxygen atoms in total. The third kappa shape index (κ3) is 4.44. The summed E-state index contributed by atoms with van der Waals surface area (Å²) in [6.45, 7) is 2.13. The van der Waals surface area contributed by atoms with Gasteiger partial charge in [0, 0.05) is 36.2 Å². The molecule has 2 rings (SSSR count). The van der Waals surface area contributed by atoms with Crippen molar-refractivity contribution in [3.05, 3.63) is 33.8 Å². The van der Waals surface area contributed by atoms with Gasteiger partial charge in [-0.05, 0) is 30.7 Å². The molecule has 1 aromatic rings. The number of carbonyl (C=O) groups excluding carboxylic acids is 1. The Morgan fingerprint density at radius 1 is 1.24 bits per heavy atom. The summed E-state index contributed by atoms with van der Waals surface area (Å²) < 4.78 is 37.9. The van der Waals surface area contributed by atoms with Gasteiger partial charge in [-0.25, -0.2) is 0 Å². The number of nitrogens with zero attached hydrogens (tertiary/aromatic N) is 2. The van der Waals surface area contributed by atoms with E-state index in [1.54, 1.807) is 17.0 Å². The molecule has 0 aliphatic carbocycles. The maximum atomic E-state index is 12.3. The van der Waals surface area contributed by atoms with Gasteiger partial charge in [-0.15, -0.1) is 0 Å². The van der Waals surface area contributed by atoms with E-state index in [-0.39, 0.29) is 19.0 Å². The number of rotatable bonds is 2. The fourth-order valence-corrected chi connectivity index (χ4v) is 2.57. The number of hydrogen-bond acceptors (Lipinski definition) is 2. The van der Waals surface area contributed by atoms with E-state index in [0.29, 0.717) is 18.7 Å². The molecular weight excluding hydrogens is 349 g/mol. The summed E-state index contributed by atoms with van der Waals surface area (Å²) in [5.41, 5.74) is 1.52. The monoisotopic (exact) mass is 364 g/mol. The number of carbonyl (C=O) groups is 1. The van der Waals surface area contributed by atoms with E-state index < -0.39 is 12.7 Å². The van der Waals surface area contributed by atoms with Crippen LogP contribution in [0.25, 0.3) is 0 Å². The zero-order valence-electron chi connectivity index (χ0n) is 11.6. The predicted octanol–water partition coefficient (Wildman–Crippen LogP) is 3.08. The molecule has 0 aromatic heterocycles. The number of piperazine rings is 1. The van der Waals surface area contributed by atoms with E-state index in [0.717, 1.165) is 10.0 Å². The molecule has 116 valence electrons. The molecule has 1 aromatic carbocycles. The van der Waals surface area contributed by atoms with Crippen molar-refractivity contribution in [3.8, 4) is 0 Å². The van der Waals surface area contributed by atoms with E-state index in [1.165, 1.54) is 4.90 Å². The highest BCUT2D eigenvalue weighted by Gasteiger charge is 2.32. The highest BCUT2D eigenvalue weighted by atomic mass is 79.9. The zero-order valence-corrected chi connectivity index (χ0v) is 13.2. The van der Waals surface area contributed by atoms with Crippen LogP contribution in [-0.2, 0) is 0 Å². The van der Waals surface area contributed by atoms with Crippen molar-refractivity contribution < 1.29 is 18.0 Å². The Balaban J connectivity index is 1.95. The second-order valence-electron chi connectivity index (χ2n) is 5.15. The van der Waals surface area contributed by atoms with Crippen LogP contribution in [0.4, 0.5) is 13.2 Å². The lowest BCUT2D eigenvalue weighted by Crippen LogP contribution is -2.50. The van der Waals surface area contributed by atoms with Crippen molar-refractivity contribution in [2.75, 3.05) is 32.7 Å². The normalized spacial score (nSPS) is 17.1.